The molecule has 0 aliphatic heterocycles. The summed E-state index contributed by atoms with van der Waals surface area (Å²) in [5.41, 5.74) is 1.44. The molecular weight excluding hydrogens is 236 g/mol. The molecule has 0 saturated carbocycles. The first kappa shape index (κ1) is 20.2. The summed E-state index contributed by atoms with van der Waals surface area (Å²) in [5, 5.41) is 0. The van der Waals surface area contributed by atoms with Gasteiger partial charge in [-0.15, -0.1) is 0 Å². The van der Waals surface area contributed by atoms with E-state index in [0.29, 0.717) is 5.57 Å². The summed E-state index contributed by atoms with van der Waals surface area (Å²) in [7, 11) is 6.11. The minimum Gasteiger partial charge on any atom is -0.371 e. The minimum absolute atomic E-state index is 0.102. The number of rotatable bonds is 6. The van der Waals surface area contributed by atoms with Gasteiger partial charge in [-0.1, -0.05) is 34.3 Å². The van der Waals surface area contributed by atoms with Gasteiger partial charge in [0.05, 0.1) is 5.70 Å². The van der Waals surface area contributed by atoms with Gasteiger partial charge in [-0.2, -0.15) is 0 Å². The summed E-state index contributed by atoms with van der Waals surface area (Å²) in [6, 6.07) is 0. The highest BCUT2D eigenvalue weighted by molar-refractivity contribution is 6.16. The van der Waals surface area contributed by atoms with Crippen molar-refractivity contribution < 1.29 is 4.79 Å². The highest BCUT2D eigenvalue weighted by atomic mass is 16.1. The summed E-state index contributed by atoms with van der Waals surface area (Å²) in [5.74, 6) is 0.102. The number of Topliss-reactive ketones (excluding diaryl/α,β-unsaturated/α-hetero) is 1. The number of carbonyl (C=O) groups excluding carboxylic acids is 1. The molecule has 1 rings (SSSR count). The van der Waals surface area contributed by atoms with Gasteiger partial charge in [-0.3, -0.25) is 4.79 Å². The Morgan fingerprint density at radius 1 is 1.00 bits per heavy atom. The Kier molecular flexibility index (Phi) is 12.7. The number of nitrogens with zero attached hydrogens (tertiary/aromatic N) is 2. The van der Waals surface area contributed by atoms with Gasteiger partial charge in [-0.05, 0) is 39.6 Å². The van der Waals surface area contributed by atoms with Gasteiger partial charge < -0.3 is 9.80 Å². The Morgan fingerprint density at radius 2 is 1.47 bits per heavy atom. The molecule has 0 heterocycles. The molecule has 1 aliphatic carbocycles. The van der Waals surface area contributed by atoms with Gasteiger partial charge in [0.25, 0.3) is 0 Å². The van der Waals surface area contributed by atoms with Crippen LogP contribution in [0.3, 0.4) is 0 Å². The van der Waals surface area contributed by atoms with E-state index in [1.807, 2.05) is 45.7 Å². The lowest BCUT2D eigenvalue weighted by molar-refractivity contribution is -0.114. The third-order valence-electron chi connectivity index (χ3n) is 2.60. The summed E-state index contributed by atoms with van der Waals surface area (Å²) in [6.45, 7) is 13.7. The fourth-order valence-corrected chi connectivity index (χ4v) is 1.56. The zero-order valence-electron chi connectivity index (χ0n) is 13.9. The molecule has 0 unspecified atom stereocenters. The molecule has 0 saturated heterocycles. The lowest BCUT2D eigenvalue weighted by atomic mass is 9.97. The van der Waals surface area contributed by atoms with E-state index in [9.17, 15) is 4.79 Å². The fourth-order valence-electron chi connectivity index (χ4n) is 1.56. The van der Waals surface area contributed by atoms with Gasteiger partial charge in [0, 0.05) is 19.2 Å². The van der Waals surface area contributed by atoms with Crippen molar-refractivity contribution in [3.8, 4) is 0 Å². The van der Waals surface area contributed by atoms with Crippen LogP contribution in [0.25, 0.3) is 0 Å². The molecule has 0 N–H and O–H groups in total. The summed E-state index contributed by atoms with van der Waals surface area (Å²) >= 11 is 0. The molecule has 0 aromatic heterocycles. The van der Waals surface area contributed by atoms with E-state index < -0.39 is 0 Å². The summed E-state index contributed by atoms with van der Waals surface area (Å²) < 4.78 is 0. The smallest absolute Gasteiger partial charge is 0.208 e. The van der Waals surface area contributed by atoms with Crippen molar-refractivity contribution in [2.75, 3.05) is 34.2 Å². The second-order valence-corrected chi connectivity index (χ2v) is 4.32. The second-order valence-electron chi connectivity index (χ2n) is 4.32. The molecule has 1 aliphatic rings. The molecule has 19 heavy (non-hydrogen) atoms. The van der Waals surface area contributed by atoms with Gasteiger partial charge in [0.1, 0.15) is 0 Å². The molecule has 0 aromatic rings. The first-order valence-electron chi connectivity index (χ1n) is 7.33. The lowest BCUT2D eigenvalue weighted by Gasteiger charge is -2.27. The largest absolute Gasteiger partial charge is 0.371 e. The fraction of sp³-hybridized carbons (Fsp3) is 0.688. The highest BCUT2D eigenvalue weighted by Gasteiger charge is 2.24. The zero-order valence-corrected chi connectivity index (χ0v) is 13.9. The van der Waals surface area contributed by atoms with Crippen LogP contribution in [-0.2, 0) is 4.79 Å². The lowest BCUT2D eigenvalue weighted by Crippen LogP contribution is -2.31. The first-order chi connectivity index (χ1) is 9.02. The van der Waals surface area contributed by atoms with Crippen molar-refractivity contribution in [3.63, 3.8) is 0 Å². The number of ketones is 1. The molecule has 3 nitrogen and oxygen atoms in total. The number of unbranched alkanes of at least 4 members (excludes halogenated alkanes) is 1. The topological polar surface area (TPSA) is 23.6 Å². The molecule has 0 fully saturated rings. The van der Waals surface area contributed by atoms with Crippen LogP contribution in [0.5, 0.6) is 0 Å². The van der Waals surface area contributed by atoms with Crippen LogP contribution in [0.1, 0.15) is 40.5 Å². The molecule has 112 valence electrons. The summed E-state index contributed by atoms with van der Waals surface area (Å²) in [4.78, 5) is 15.5. The molecular formula is C16H32N2O. The van der Waals surface area contributed by atoms with Crippen LogP contribution >= 0.6 is 0 Å². The standard InChI is InChI=1S/C12H20N2O.2C2H6/c1-10-9-11(12(10)15)14(4)8-6-5-7-13(2)3;2*1-2/h9H,1,5-8H2,2-4H3;2*1-2H3. The maximum absolute atomic E-state index is 11.3. The monoisotopic (exact) mass is 268 g/mol. The van der Waals surface area contributed by atoms with Crippen molar-refractivity contribution in [3.05, 3.63) is 23.9 Å². The van der Waals surface area contributed by atoms with Crippen molar-refractivity contribution in [2.24, 2.45) is 0 Å². The van der Waals surface area contributed by atoms with Gasteiger partial charge >= 0.3 is 0 Å². The first-order valence-corrected chi connectivity index (χ1v) is 7.33. The van der Waals surface area contributed by atoms with E-state index in [1.54, 1.807) is 0 Å². The third-order valence-corrected chi connectivity index (χ3v) is 2.60. The van der Waals surface area contributed by atoms with E-state index in [4.69, 9.17) is 0 Å². The number of carbonyl (C=O) groups is 1. The average Bonchev–Trinajstić information content (AvgIpc) is 2.44. The summed E-state index contributed by atoms with van der Waals surface area (Å²) in [6.07, 6.45) is 4.14. The Morgan fingerprint density at radius 3 is 1.84 bits per heavy atom. The van der Waals surface area contributed by atoms with Crippen molar-refractivity contribution >= 4 is 5.78 Å². The van der Waals surface area contributed by atoms with Gasteiger partial charge in [0.15, 0.2) is 0 Å². The van der Waals surface area contributed by atoms with Gasteiger partial charge in [0.2, 0.25) is 5.78 Å². The highest BCUT2D eigenvalue weighted by Crippen LogP contribution is 2.21. The number of hydrogen-bond acceptors (Lipinski definition) is 3. The quantitative estimate of drug-likeness (QED) is 0.545. The normalized spacial score (nSPS) is 12.7. The number of hydrogen-bond donors (Lipinski definition) is 0. The van der Waals surface area contributed by atoms with E-state index in [1.165, 1.54) is 6.42 Å². The van der Waals surface area contributed by atoms with Crippen LogP contribution < -0.4 is 0 Å². The predicted molar refractivity (Wildman–Crippen MR) is 85.3 cm³/mol. The zero-order chi connectivity index (χ0) is 15.4. The Labute approximate surface area is 120 Å². The second kappa shape index (κ2) is 12.0. The molecule has 0 amide bonds. The van der Waals surface area contributed by atoms with Crippen LogP contribution in [0, 0.1) is 0 Å². The van der Waals surface area contributed by atoms with Crippen LogP contribution in [0.15, 0.2) is 23.9 Å². The Hall–Kier alpha value is -1.09. The molecule has 0 spiro atoms. The van der Waals surface area contributed by atoms with E-state index in [0.717, 1.165) is 25.2 Å². The molecule has 0 aromatic carbocycles. The van der Waals surface area contributed by atoms with Crippen molar-refractivity contribution in [1.29, 1.82) is 0 Å². The van der Waals surface area contributed by atoms with E-state index >= 15 is 0 Å². The minimum atomic E-state index is 0.102. The predicted octanol–water partition coefficient (Wildman–Crippen LogP) is 3.34. The number of likely N-dealkylation sites (N-methyl/N-ethyl adjacent to an activating group) is 1. The van der Waals surface area contributed by atoms with Crippen molar-refractivity contribution in [2.45, 2.75) is 40.5 Å². The molecule has 3 heteroatoms. The van der Waals surface area contributed by atoms with E-state index in [-0.39, 0.29) is 5.78 Å². The number of allylic oxidation sites excluding steroid dienone is 2. The van der Waals surface area contributed by atoms with Crippen LogP contribution in [-0.4, -0.2) is 49.8 Å². The third kappa shape index (κ3) is 7.83. The SMILES string of the molecule is C=C1C=C(N(C)CCCCN(C)C)C1=O.CC.CC. The molecule has 0 bridgehead atoms. The van der Waals surface area contributed by atoms with E-state index in [2.05, 4.69) is 25.6 Å². The van der Waals surface area contributed by atoms with Gasteiger partial charge in [-0.25, -0.2) is 0 Å². The van der Waals surface area contributed by atoms with Crippen LogP contribution in [0.2, 0.25) is 0 Å². The Bertz CT molecular complexity index is 293. The van der Waals surface area contributed by atoms with Crippen LogP contribution in [0.4, 0.5) is 0 Å². The van der Waals surface area contributed by atoms with Crippen molar-refractivity contribution in [1.82, 2.24) is 9.80 Å². The average molecular weight is 268 g/mol. The molecule has 0 atom stereocenters. The Balaban J connectivity index is 0. The molecule has 0 radical (unpaired) electrons. The maximum Gasteiger partial charge on any atom is 0.208 e. The maximum atomic E-state index is 11.3.